The van der Waals surface area contributed by atoms with Crippen molar-refractivity contribution in [2.45, 2.75) is 78.6 Å². The molecule has 1 aromatic carbocycles. The fraction of sp³-hybridized carbons (Fsp3) is 0.556. The Hall–Kier alpha value is -2.76. The zero-order valence-electron chi connectivity index (χ0n) is 20.2. The van der Waals surface area contributed by atoms with E-state index in [-0.39, 0.29) is 41.7 Å². The third-order valence-corrected chi connectivity index (χ3v) is 6.38. The summed E-state index contributed by atoms with van der Waals surface area (Å²) in [6.07, 6.45) is 7.36. The number of ketones is 1. The number of carbonyl (C=O) groups is 3. The first-order valence-corrected chi connectivity index (χ1v) is 12.2. The quantitative estimate of drug-likeness (QED) is 0.214. The maximum absolute atomic E-state index is 12.9. The topological polar surface area (TPSA) is 87.0 Å². The van der Waals surface area contributed by atoms with E-state index in [1.165, 1.54) is 24.2 Å². The molecule has 33 heavy (non-hydrogen) atoms. The Morgan fingerprint density at radius 2 is 1.61 bits per heavy atom. The summed E-state index contributed by atoms with van der Waals surface area (Å²) in [6, 6.07) is 6.79. The number of aliphatic imine (C=N–C) groups is 1. The molecule has 178 valence electrons. The molecule has 1 aromatic rings. The molecule has 6 nitrogen and oxygen atoms in total. The highest BCUT2D eigenvalue weighted by atomic mass is 16.3. The van der Waals surface area contributed by atoms with Crippen LogP contribution in [0, 0.1) is 5.41 Å². The molecule has 6 heteroatoms. The van der Waals surface area contributed by atoms with Crippen LogP contribution in [-0.2, 0) is 4.79 Å². The molecule has 1 aliphatic heterocycles. The number of amides is 2. The Morgan fingerprint density at radius 1 is 0.970 bits per heavy atom. The third kappa shape index (κ3) is 5.98. The summed E-state index contributed by atoms with van der Waals surface area (Å²) >= 11 is 0. The summed E-state index contributed by atoms with van der Waals surface area (Å²) in [6.45, 7) is 7.15. The molecular weight excluding hydrogens is 416 g/mol. The molecule has 0 spiro atoms. The summed E-state index contributed by atoms with van der Waals surface area (Å²) in [5, 5.41) is 10.8. The van der Waals surface area contributed by atoms with E-state index < -0.39 is 0 Å². The molecule has 0 bridgehead atoms. The fourth-order valence-corrected chi connectivity index (χ4v) is 4.65. The summed E-state index contributed by atoms with van der Waals surface area (Å²) in [5.74, 6) is -0.654. The zero-order valence-corrected chi connectivity index (χ0v) is 20.2. The van der Waals surface area contributed by atoms with Gasteiger partial charge in [0.1, 0.15) is 5.76 Å². The van der Waals surface area contributed by atoms with Gasteiger partial charge in [0, 0.05) is 31.6 Å². The van der Waals surface area contributed by atoms with Crippen molar-refractivity contribution in [2.75, 3.05) is 13.1 Å². The summed E-state index contributed by atoms with van der Waals surface area (Å²) in [7, 11) is 0. The molecule has 2 aliphatic rings. The number of rotatable bonds is 10. The maximum atomic E-state index is 12.9. The summed E-state index contributed by atoms with van der Waals surface area (Å²) < 4.78 is 0. The van der Waals surface area contributed by atoms with E-state index in [0.29, 0.717) is 48.2 Å². The minimum absolute atomic E-state index is 0.0249. The second kappa shape index (κ2) is 10.9. The van der Waals surface area contributed by atoms with Crippen LogP contribution in [0.15, 0.2) is 40.6 Å². The number of aliphatic hydroxyl groups excluding tert-OH is 1. The first-order chi connectivity index (χ1) is 15.7. The van der Waals surface area contributed by atoms with Gasteiger partial charge in [-0.1, -0.05) is 58.6 Å². The van der Waals surface area contributed by atoms with Crippen LogP contribution in [0.4, 0.5) is 0 Å². The molecule has 0 aromatic heterocycles. The predicted octanol–water partition coefficient (Wildman–Crippen LogP) is 5.68. The third-order valence-electron chi connectivity index (χ3n) is 6.38. The van der Waals surface area contributed by atoms with E-state index in [2.05, 4.69) is 20.8 Å². The molecule has 3 rings (SSSR count). The molecule has 1 fully saturated rings. The van der Waals surface area contributed by atoms with E-state index in [1.54, 1.807) is 24.3 Å². The number of hydrogen-bond donors (Lipinski definition) is 1. The highest BCUT2D eigenvalue weighted by molar-refractivity contribution is 6.24. The second-order valence-corrected chi connectivity index (χ2v) is 9.92. The van der Waals surface area contributed by atoms with Crippen molar-refractivity contribution in [3.8, 4) is 0 Å². The number of benzene rings is 1. The lowest BCUT2D eigenvalue weighted by Gasteiger charge is -2.31. The molecule has 1 heterocycles. The second-order valence-electron chi connectivity index (χ2n) is 9.92. The Labute approximate surface area is 196 Å². The first-order valence-electron chi connectivity index (χ1n) is 12.2. The van der Waals surface area contributed by atoms with Crippen molar-refractivity contribution in [3.05, 3.63) is 46.7 Å². The van der Waals surface area contributed by atoms with Gasteiger partial charge in [-0.05, 0) is 36.8 Å². The van der Waals surface area contributed by atoms with Gasteiger partial charge < -0.3 is 5.11 Å². The van der Waals surface area contributed by atoms with E-state index in [0.717, 1.165) is 12.8 Å². The lowest BCUT2D eigenvalue weighted by Crippen LogP contribution is -2.33. The lowest BCUT2D eigenvalue weighted by atomic mass is 9.73. The number of imide groups is 1. The van der Waals surface area contributed by atoms with Gasteiger partial charge in [-0.2, -0.15) is 0 Å². The molecule has 0 unspecified atom stereocenters. The fourth-order valence-electron chi connectivity index (χ4n) is 4.65. The van der Waals surface area contributed by atoms with Crippen LogP contribution in [0.5, 0.6) is 0 Å². The number of carbonyl (C=O) groups excluding carboxylic acids is 3. The highest BCUT2D eigenvalue weighted by Crippen LogP contribution is 2.36. The Morgan fingerprint density at radius 3 is 2.24 bits per heavy atom. The SMILES string of the molecule is CCCCCCCN=C1CC(C)(C)CC(=O)C1=C(O)CCCN1C(=O)c2ccccc2C1=O. The largest absolute Gasteiger partial charge is 0.511 e. The van der Waals surface area contributed by atoms with Crippen LogP contribution < -0.4 is 0 Å². The molecular formula is C27H36N2O4. The van der Waals surface area contributed by atoms with Gasteiger partial charge in [0.05, 0.1) is 16.7 Å². The van der Waals surface area contributed by atoms with Gasteiger partial charge in [-0.3, -0.25) is 24.3 Å². The Balaban J connectivity index is 1.65. The molecule has 1 saturated carbocycles. The molecule has 2 amide bonds. The van der Waals surface area contributed by atoms with Crippen LogP contribution in [0.3, 0.4) is 0 Å². The van der Waals surface area contributed by atoms with Gasteiger partial charge >= 0.3 is 0 Å². The minimum Gasteiger partial charge on any atom is -0.511 e. The molecule has 1 aliphatic carbocycles. The Kier molecular flexibility index (Phi) is 8.22. The van der Waals surface area contributed by atoms with Crippen LogP contribution in [-0.4, -0.2) is 46.4 Å². The summed E-state index contributed by atoms with van der Waals surface area (Å²) in [4.78, 5) is 43.9. The van der Waals surface area contributed by atoms with E-state index >= 15 is 0 Å². The van der Waals surface area contributed by atoms with Crippen molar-refractivity contribution in [1.29, 1.82) is 0 Å². The average Bonchev–Trinajstić information content (AvgIpc) is 3.00. The molecule has 0 saturated heterocycles. The Bertz CT molecular complexity index is 939. The normalized spacial score (nSPS) is 20.5. The number of Topliss-reactive ketones (excluding diaryl/α,β-unsaturated/α-hetero) is 1. The zero-order chi connectivity index (χ0) is 24.0. The standard InChI is InChI=1S/C27H36N2O4/c1-4-5-6-7-10-15-28-21-17-27(2,3)18-23(31)24(21)22(30)14-11-16-29-25(32)19-12-8-9-13-20(19)26(29)33/h8-9,12-13,30H,4-7,10-11,14-18H2,1-3H3. The van der Waals surface area contributed by atoms with Crippen molar-refractivity contribution in [1.82, 2.24) is 4.90 Å². The minimum atomic E-state index is -0.302. The summed E-state index contributed by atoms with van der Waals surface area (Å²) in [5.41, 5.74) is 1.71. The van der Waals surface area contributed by atoms with Gasteiger partial charge in [0.25, 0.3) is 11.8 Å². The smallest absolute Gasteiger partial charge is 0.261 e. The number of allylic oxidation sites excluding steroid dienone is 2. The first kappa shape index (κ1) is 24.9. The van der Waals surface area contributed by atoms with Gasteiger partial charge in [-0.25, -0.2) is 0 Å². The van der Waals surface area contributed by atoms with Gasteiger partial charge in [0.15, 0.2) is 5.78 Å². The van der Waals surface area contributed by atoms with Crippen LogP contribution >= 0.6 is 0 Å². The van der Waals surface area contributed by atoms with Gasteiger partial charge in [-0.15, -0.1) is 0 Å². The number of nitrogens with zero attached hydrogens (tertiary/aromatic N) is 2. The van der Waals surface area contributed by atoms with E-state index in [1.807, 2.05) is 0 Å². The number of hydrogen-bond acceptors (Lipinski definition) is 5. The van der Waals surface area contributed by atoms with Crippen molar-refractivity contribution < 1.29 is 19.5 Å². The number of aliphatic hydroxyl groups is 1. The van der Waals surface area contributed by atoms with E-state index in [4.69, 9.17) is 4.99 Å². The molecule has 0 atom stereocenters. The van der Waals surface area contributed by atoms with Crippen molar-refractivity contribution in [2.24, 2.45) is 10.4 Å². The monoisotopic (exact) mass is 452 g/mol. The molecule has 0 radical (unpaired) electrons. The lowest BCUT2D eigenvalue weighted by molar-refractivity contribution is -0.117. The molecule has 1 N–H and O–H groups in total. The maximum Gasteiger partial charge on any atom is 0.261 e. The predicted molar refractivity (Wildman–Crippen MR) is 130 cm³/mol. The van der Waals surface area contributed by atoms with Crippen LogP contribution in [0.1, 0.15) is 99.3 Å². The van der Waals surface area contributed by atoms with E-state index in [9.17, 15) is 19.5 Å². The van der Waals surface area contributed by atoms with Crippen LogP contribution in [0.2, 0.25) is 0 Å². The number of unbranched alkanes of at least 4 members (excludes halogenated alkanes) is 4. The average molecular weight is 453 g/mol. The van der Waals surface area contributed by atoms with Crippen molar-refractivity contribution in [3.63, 3.8) is 0 Å². The highest BCUT2D eigenvalue weighted by Gasteiger charge is 2.37. The van der Waals surface area contributed by atoms with Crippen molar-refractivity contribution >= 4 is 23.3 Å². The van der Waals surface area contributed by atoms with Gasteiger partial charge in [0.2, 0.25) is 0 Å². The van der Waals surface area contributed by atoms with Crippen LogP contribution in [0.25, 0.3) is 0 Å². The number of fused-ring (bicyclic) bond motifs is 1.